The predicted molar refractivity (Wildman–Crippen MR) is 98.8 cm³/mol. The highest BCUT2D eigenvalue weighted by molar-refractivity contribution is 8.16. The first-order valence-corrected chi connectivity index (χ1v) is 9.88. The fraction of sp³-hybridized carbons (Fsp3) is 0.333. The predicted octanol–water partition coefficient (Wildman–Crippen LogP) is 4.44. The van der Waals surface area contributed by atoms with Gasteiger partial charge in [-0.1, -0.05) is 12.1 Å². The molecule has 0 unspecified atom stereocenters. The molecule has 1 amide bonds. The maximum Gasteiger partial charge on any atom is 0.251 e. The minimum absolute atomic E-state index is 0.0327. The van der Waals surface area contributed by atoms with Gasteiger partial charge in [0.1, 0.15) is 0 Å². The monoisotopic (exact) mass is 344 g/mol. The maximum absolute atomic E-state index is 12.4. The lowest BCUT2D eigenvalue weighted by molar-refractivity contribution is 0.0940. The van der Waals surface area contributed by atoms with Crippen LogP contribution in [0.4, 0.5) is 0 Å². The topological polar surface area (TPSA) is 42.0 Å². The molecule has 1 aliphatic rings. The van der Waals surface area contributed by atoms with Crippen LogP contribution in [0.15, 0.2) is 48.8 Å². The molecule has 5 heteroatoms. The van der Waals surface area contributed by atoms with Gasteiger partial charge in [-0.25, -0.2) is 0 Å². The Morgan fingerprint density at radius 2 is 1.78 bits per heavy atom. The van der Waals surface area contributed by atoms with E-state index in [1.54, 1.807) is 12.4 Å². The van der Waals surface area contributed by atoms with Crippen LogP contribution in [0.3, 0.4) is 0 Å². The molecule has 1 aliphatic heterocycles. The van der Waals surface area contributed by atoms with Crippen molar-refractivity contribution in [1.29, 1.82) is 0 Å². The van der Waals surface area contributed by atoms with E-state index in [0.29, 0.717) is 10.1 Å². The molecule has 1 aromatic heterocycles. The Labute approximate surface area is 145 Å². The van der Waals surface area contributed by atoms with E-state index in [4.69, 9.17) is 0 Å². The van der Waals surface area contributed by atoms with Crippen LogP contribution in [-0.2, 0) is 0 Å². The van der Waals surface area contributed by atoms with Gasteiger partial charge in [-0.2, -0.15) is 0 Å². The van der Waals surface area contributed by atoms with E-state index in [1.807, 2.05) is 54.7 Å². The van der Waals surface area contributed by atoms with Gasteiger partial charge in [0.25, 0.3) is 5.91 Å². The summed E-state index contributed by atoms with van der Waals surface area (Å²) in [5, 5.41) is 3.03. The Bertz CT molecular complexity index is 640. The Morgan fingerprint density at radius 1 is 1.13 bits per heavy atom. The Kier molecular flexibility index (Phi) is 5.62. The number of benzene rings is 1. The molecule has 1 saturated heterocycles. The van der Waals surface area contributed by atoms with Crippen LogP contribution >= 0.6 is 23.5 Å². The van der Waals surface area contributed by atoms with Crippen LogP contribution in [0, 0.1) is 0 Å². The average Bonchev–Trinajstić information content (AvgIpc) is 2.63. The minimum atomic E-state index is -0.0372. The molecular weight excluding hydrogens is 324 g/mol. The molecule has 0 saturated carbocycles. The summed E-state index contributed by atoms with van der Waals surface area (Å²) >= 11 is 3.99. The van der Waals surface area contributed by atoms with Crippen molar-refractivity contribution < 1.29 is 4.79 Å². The number of carbonyl (C=O) groups is 1. The molecule has 3 rings (SSSR count). The number of nitrogens with one attached hydrogen (secondary N) is 1. The summed E-state index contributed by atoms with van der Waals surface area (Å²) in [6, 6.07) is 11.8. The zero-order valence-electron chi connectivity index (χ0n) is 13.1. The highest BCUT2D eigenvalue weighted by Gasteiger charge is 2.17. The van der Waals surface area contributed by atoms with Crippen molar-refractivity contribution in [3.63, 3.8) is 0 Å². The normalized spacial score (nSPS) is 16.7. The molecule has 1 aromatic carbocycles. The number of amides is 1. The number of nitrogens with zero attached hydrogens (tertiary/aromatic N) is 1. The molecular formula is C18H20N2OS2. The van der Waals surface area contributed by atoms with E-state index in [1.165, 1.54) is 23.5 Å². The van der Waals surface area contributed by atoms with Crippen LogP contribution in [0.1, 0.15) is 45.5 Å². The van der Waals surface area contributed by atoms with Crippen molar-refractivity contribution in [2.75, 3.05) is 11.5 Å². The molecule has 120 valence electrons. The zero-order chi connectivity index (χ0) is 16.1. The quantitative estimate of drug-likeness (QED) is 0.890. The smallest absolute Gasteiger partial charge is 0.251 e. The number of thioether (sulfide) groups is 2. The standard InChI is InChI=1S/C18H20N2OS2/c1-13(14-7-9-19-10-8-14)20-17(21)15-3-5-16(6-4-15)18-22-11-2-12-23-18/h3-10,13,18H,2,11-12H2,1H3,(H,20,21)/t13-/m1/s1. The van der Waals surface area contributed by atoms with Gasteiger partial charge in [-0.05, 0) is 60.2 Å². The van der Waals surface area contributed by atoms with Crippen molar-refractivity contribution in [3.8, 4) is 0 Å². The Balaban J connectivity index is 1.63. The van der Waals surface area contributed by atoms with Gasteiger partial charge in [0.15, 0.2) is 0 Å². The molecule has 0 radical (unpaired) electrons. The van der Waals surface area contributed by atoms with Crippen LogP contribution in [0.5, 0.6) is 0 Å². The van der Waals surface area contributed by atoms with Gasteiger partial charge >= 0.3 is 0 Å². The van der Waals surface area contributed by atoms with E-state index in [0.717, 1.165) is 5.56 Å². The molecule has 0 spiro atoms. The summed E-state index contributed by atoms with van der Waals surface area (Å²) < 4.78 is 0.511. The van der Waals surface area contributed by atoms with Crippen molar-refractivity contribution in [2.24, 2.45) is 0 Å². The van der Waals surface area contributed by atoms with Crippen molar-refractivity contribution in [1.82, 2.24) is 10.3 Å². The van der Waals surface area contributed by atoms with Gasteiger partial charge in [0.2, 0.25) is 0 Å². The van der Waals surface area contributed by atoms with Crippen LogP contribution < -0.4 is 5.32 Å². The van der Waals surface area contributed by atoms with E-state index < -0.39 is 0 Å². The fourth-order valence-electron chi connectivity index (χ4n) is 2.49. The Hall–Kier alpha value is -1.46. The summed E-state index contributed by atoms with van der Waals surface area (Å²) in [7, 11) is 0. The number of aromatic nitrogens is 1. The molecule has 2 aromatic rings. The highest BCUT2D eigenvalue weighted by Crippen LogP contribution is 2.43. The van der Waals surface area contributed by atoms with Gasteiger partial charge in [0.05, 0.1) is 10.6 Å². The lowest BCUT2D eigenvalue weighted by atomic mass is 10.1. The number of hydrogen-bond acceptors (Lipinski definition) is 4. The first-order chi connectivity index (χ1) is 11.2. The zero-order valence-corrected chi connectivity index (χ0v) is 14.7. The number of rotatable bonds is 4. The molecule has 23 heavy (non-hydrogen) atoms. The van der Waals surface area contributed by atoms with E-state index in [2.05, 4.69) is 22.4 Å². The minimum Gasteiger partial charge on any atom is -0.346 e. The van der Waals surface area contributed by atoms with Gasteiger partial charge in [0, 0.05) is 18.0 Å². The molecule has 1 atom stereocenters. The maximum atomic E-state index is 12.4. The van der Waals surface area contributed by atoms with Crippen LogP contribution in [-0.4, -0.2) is 22.4 Å². The second-order valence-corrected chi connectivity index (χ2v) is 8.25. The molecule has 1 fully saturated rings. The lowest BCUT2D eigenvalue weighted by Crippen LogP contribution is -2.26. The van der Waals surface area contributed by atoms with Gasteiger partial charge in [-0.15, -0.1) is 23.5 Å². The first-order valence-electron chi connectivity index (χ1n) is 7.78. The van der Waals surface area contributed by atoms with Crippen LogP contribution in [0.25, 0.3) is 0 Å². The largest absolute Gasteiger partial charge is 0.346 e. The summed E-state index contributed by atoms with van der Waals surface area (Å²) in [5.74, 6) is 2.41. The average molecular weight is 345 g/mol. The number of pyridine rings is 1. The van der Waals surface area contributed by atoms with E-state index in [9.17, 15) is 4.79 Å². The van der Waals surface area contributed by atoms with Gasteiger partial charge in [-0.3, -0.25) is 9.78 Å². The highest BCUT2D eigenvalue weighted by atomic mass is 32.2. The van der Waals surface area contributed by atoms with Crippen molar-refractivity contribution in [3.05, 3.63) is 65.5 Å². The third kappa shape index (κ3) is 4.30. The summed E-state index contributed by atoms with van der Waals surface area (Å²) in [5.41, 5.74) is 3.07. The second kappa shape index (κ2) is 7.88. The summed E-state index contributed by atoms with van der Waals surface area (Å²) in [4.78, 5) is 16.4. The third-order valence-electron chi connectivity index (χ3n) is 3.83. The molecule has 0 aliphatic carbocycles. The van der Waals surface area contributed by atoms with Crippen LogP contribution in [0.2, 0.25) is 0 Å². The van der Waals surface area contributed by atoms with Gasteiger partial charge < -0.3 is 5.32 Å². The number of carbonyl (C=O) groups excluding carboxylic acids is 1. The fourth-order valence-corrected chi connectivity index (χ4v) is 5.38. The third-order valence-corrected chi connectivity index (χ3v) is 6.84. The SMILES string of the molecule is C[C@@H](NC(=O)c1ccc(C2SCCCS2)cc1)c1ccncc1. The molecule has 1 N–H and O–H groups in total. The molecule has 3 nitrogen and oxygen atoms in total. The van der Waals surface area contributed by atoms with Crippen molar-refractivity contribution in [2.45, 2.75) is 24.0 Å². The first kappa shape index (κ1) is 16.4. The number of hydrogen-bond donors (Lipinski definition) is 1. The van der Waals surface area contributed by atoms with E-state index in [-0.39, 0.29) is 11.9 Å². The summed E-state index contributed by atoms with van der Waals surface area (Å²) in [6.45, 7) is 1.98. The Morgan fingerprint density at radius 3 is 2.43 bits per heavy atom. The van der Waals surface area contributed by atoms with E-state index >= 15 is 0 Å². The molecule has 0 bridgehead atoms. The van der Waals surface area contributed by atoms with Crippen molar-refractivity contribution >= 4 is 29.4 Å². The second-order valence-electron chi connectivity index (χ2n) is 5.52. The lowest BCUT2D eigenvalue weighted by Gasteiger charge is -2.21. The molecule has 2 heterocycles. The summed E-state index contributed by atoms with van der Waals surface area (Å²) in [6.07, 6.45) is 4.78.